The summed E-state index contributed by atoms with van der Waals surface area (Å²) in [6, 6.07) is 0.0308. The molecule has 2 rings (SSSR count). The molecule has 1 aromatic rings. The van der Waals surface area contributed by atoms with E-state index in [1.54, 1.807) is 4.68 Å². The van der Waals surface area contributed by atoms with E-state index in [4.69, 9.17) is 0 Å². The molecule has 0 bridgehead atoms. The second-order valence-corrected chi connectivity index (χ2v) is 5.49. The Labute approximate surface area is 120 Å². The molecule has 112 valence electrons. The number of carbonyl (C=O) groups is 1. The molecular weight excluding hydrogens is 254 g/mol. The Kier molecular flexibility index (Phi) is 5.52. The largest absolute Gasteiger partial charge is 0.352 e. The van der Waals surface area contributed by atoms with Crippen LogP contribution < -0.4 is 10.6 Å². The van der Waals surface area contributed by atoms with E-state index in [2.05, 4.69) is 20.9 Å². The van der Waals surface area contributed by atoms with Crippen LogP contribution >= 0.6 is 0 Å². The highest BCUT2D eigenvalue weighted by Gasteiger charge is 2.21. The molecule has 6 nitrogen and oxygen atoms in total. The maximum atomic E-state index is 12.2. The van der Waals surface area contributed by atoms with Crippen molar-refractivity contribution in [2.24, 2.45) is 0 Å². The summed E-state index contributed by atoms with van der Waals surface area (Å²) in [5.74, 6) is 0.0387. The minimum atomic E-state index is -0.306. The van der Waals surface area contributed by atoms with Crippen molar-refractivity contribution in [3.8, 4) is 0 Å². The number of amides is 1. The smallest absolute Gasteiger partial charge is 0.244 e. The van der Waals surface area contributed by atoms with Gasteiger partial charge in [-0.15, -0.1) is 5.10 Å². The normalized spacial score (nSPS) is 17.9. The number of nitrogens with zero attached hydrogens (tertiary/aromatic N) is 3. The van der Waals surface area contributed by atoms with E-state index >= 15 is 0 Å². The van der Waals surface area contributed by atoms with E-state index < -0.39 is 0 Å². The molecule has 0 aliphatic heterocycles. The average molecular weight is 279 g/mol. The Bertz CT molecular complexity index is 425. The summed E-state index contributed by atoms with van der Waals surface area (Å²) in [6.07, 6.45) is 7.76. The van der Waals surface area contributed by atoms with Crippen LogP contribution in [0.15, 0.2) is 6.20 Å². The maximum Gasteiger partial charge on any atom is 0.244 e. The quantitative estimate of drug-likeness (QED) is 0.825. The van der Waals surface area contributed by atoms with Crippen molar-refractivity contribution in [1.82, 2.24) is 25.6 Å². The maximum absolute atomic E-state index is 12.2. The lowest BCUT2D eigenvalue weighted by Crippen LogP contribution is -2.40. The van der Waals surface area contributed by atoms with Crippen molar-refractivity contribution in [3.63, 3.8) is 0 Å². The minimum Gasteiger partial charge on any atom is -0.352 e. The summed E-state index contributed by atoms with van der Waals surface area (Å²) < 4.78 is 1.64. The Morgan fingerprint density at radius 2 is 2.20 bits per heavy atom. The van der Waals surface area contributed by atoms with Crippen LogP contribution in [0.3, 0.4) is 0 Å². The Hall–Kier alpha value is -1.43. The van der Waals surface area contributed by atoms with Crippen molar-refractivity contribution in [3.05, 3.63) is 11.9 Å². The monoisotopic (exact) mass is 279 g/mol. The predicted molar refractivity (Wildman–Crippen MR) is 77.1 cm³/mol. The molecule has 0 radical (unpaired) electrons. The van der Waals surface area contributed by atoms with Gasteiger partial charge in [0.2, 0.25) is 5.91 Å². The Balaban J connectivity index is 1.87. The van der Waals surface area contributed by atoms with Gasteiger partial charge in [0.15, 0.2) is 0 Å². The molecule has 2 N–H and O–H groups in total. The fourth-order valence-corrected chi connectivity index (χ4v) is 2.53. The molecule has 1 aliphatic rings. The predicted octanol–water partition coefficient (Wildman–Crippen LogP) is 1.40. The molecule has 0 spiro atoms. The molecule has 6 heteroatoms. The van der Waals surface area contributed by atoms with Gasteiger partial charge in [0, 0.05) is 12.6 Å². The summed E-state index contributed by atoms with van der Waals surface area (Å²) >= 11 is 0. The lowest BCUT2D eigenvalue weighted by Gasteiger charge is -2.24. The van der Waals surface area contributed by atoms with Gasteiger partial charge in [0.1, 0.15) is 6.04 Å². The molecular formula is C14H25N5O. The van der Waals surface area contributed by atoms with E-state index in [0.29, 0.717) is 12.6 Å². The third kappa shape index (κ3) is 4.03. The van der Waals surface area contributed by atoms with Crippen LogP contribution in [0.4, 0.5) is 0 Å². The fraction of sp³-hybridized carbons (Fsp3) is 0.786. The minimum absolute atomic E-state index is 0.0387. The van der Waals surface area contributed by atoms with E-state index in [1.165, 1.54) is 19.3 Å². The molecule has 1 saturated carbocycles. The van der Waals surface area contributed by atoms with Crippen molar-refractivity contribution in [2.45, 2.75) is 64.6 Å². The summed E-state index contributed by atoms with van der Waals surface area (Å²) in [4.78, 5) is 12.2. The van der Waals surface area contributed by atoms with E-state index in [-0.39, 0.29) is 11.9 Å². The third-order valence-electron chi connectivity index (χ3n) is 3.84. The third-order valence-corrected chi connectivity index (χ3v) is 3.84. The summed E-state index contributed by atoms with van der Waals surface area (Å²) in [7, 11) is 0. The lowest BCUT2D eigenvalue weighted by molar-refractivity contribution is -0.125. The van der Waals surface area contributed by atoms with Gasteiger partial charge in [-0.25, -0.2) is 4.68 Å². The number of hydrogen-bond acceptors (Lipinski definition) is 4. The van der Waals surface area contributed by atoms with Crippen LogP contribution in [0.1, 0.15) is 57.7 Å². The molecule has 1 fully saturated rings. The Morgan fingerprint density at radius 3 is 2.90 bits per heavy atom. The molecule has 1 aromatic heterocycles. The first-order valence-electron chi connectivity index (χ1n) is 7.62. The van der Waals surface area contributed by atoms with Crippen LogP contribution in [-0.4, -0.2) is 33.5 Å². The number of aromatic nitrogens is 3. The first-order chi connectivity index (χ1) is 9.70. The van der Waals surface area contributed by atoms with Gasteiger partial charge >= 0.3 is 0 Å². The number of rotatable bonds is 6. The van der Waals surface area contributed by atoms with Gasteiger partial charge in [-0.3, -0.25) is 4.79 Å². The van der Waals surface area contributed by atoms with Crippen LogP contribution in [0.5, 0.6) is 0 Å². The molecule has 1 heterocycles. The molecule has 20 heavy (non-hydrogen) atoms. The lowest BCUT2D eigenvalue weighted by atomic mass is 9.95. The Morgan fingerprint density at radius 1 is 1.45 bits per heavy atom. The van der Waals surface area contributed by atoms with Gasteiger partial charge in [-0.05, 0) is 26.3 Å². The second-order valence-electron chi connectivity index (χ2n) is 5.49. The zero-order chi connectivity index (χ0) is 14.4. The zero-order valence-corrected chi connectivity index (χ0v) is 12.4. The van der Waals surface area contributed by atoms with Crippen molar-refractivity contribution < 1.29 is 4.79 Å². The highest BCUT2D eigenvalue weighted by molar-refractivity contribution is 5.80. The molecule has 1 aliphatic carbocycles. The van der Waals surface area contributed by atoms with E-state index in [0.717, 1.165) is 25.1 Å². The highest BCUT2D eigenvalue weighted by Crippen LogP contribution is 2.18. The van der Waals surface area contributed by atoms with Gasteiger partial charge in [-0.2, -0.15) is 0 Å². The fourth-order valence-electron chi connectivity index (χ4n) is 2.53. The summed E-state index contributed by atoms with van der Waals surface area (Å²) in [5, 5.41) is 14.4. The van der Waals surface area contributed by atoms with Crippen LogP contribution in [-0.2, 0) is 11.3 Å². The van der Waals surface area contributed by atoms with Gasteiger partial charge in [0.25, 0.3) is 0 Å². The van der Waals surface area contributed by atoms with Crippen LogP contribution in [0.2, 0.25) is 0 Å². The molecule has 0 aromatic carbocycles. The number of carbonyl (C=O) groups excluding carboxylic acids is 1. The van der Waals surface area contributed by atoms with Gasteiger partial charge in [0.05, 0.1) is 11.9 Å². The van der Waals surface area contributed by atoms with E-state index in [9.17, 15) is 4.79 Å². The molecule has 1 unspecified atom stereocenters. The number of nitrogens with one attached hydrogen (secondary N) is 2. The highest BCUT2D eigenvalue weighted by atomic mass is 16.2. The first kappa shape index (κ1) is 15.0. The van der Waals surface area contributed by atoms with Crippen molar-refractivity contribution in [1.29, 1.82) is 0 Å². The van der Waals surface area contributed by atoms with Crippen LogP contribution in [0, 0.1) is 0 Å². The topological polar surface area (TPSA) is 71.8 Å². The molecule has 1 amide bonds. The van der Waals surface area contributed by atoms with E-state index in [1.807, 2.05) is 20.0 Å². The molecule has 0 saturated heterocycles. The van der Waals surface area contributed by atoms with Gasteiger partial charge in [-0.1, -0.05) is 31.4 Å². The molecule has 1 atom stereocenters. The zero-order valence-electron chi connectivity index (χ0n) is 12.4. The summed E-state index contributed by atoms with van der Waals surface area (Å²) in [6.45, 7) is 5.49. The summed E-state index contributed by atoms with van der Waals surface area (Å²) in [5.41, 5.74) is 0.865. The van der Waals surface area contributed by atoms with Gasteiger partial charge < -0.3 is 10.6 Å². The SMILES string of the molecule is CCNCc1cn(C(C)C(=O)NC2CCCCC2)nn1. The first-order valence-corrected chi connectivity index (χ1v) is 7.62. The standard InChI is InChI=1S/C14H25N5O/c1-3-15-9-13-10-19(18-17-13)11(2)14(20)16-12-7-5-4-6-8-12/h10-12,15H,3-9H2,1-2H3,(H,16,20). The van der Waals surface area contributed by atoms with Crippen LogP contribution in [0.25, 0.3) is 0 Å². The van der Waals surface area contributed by atoms with Crippen molar-refractivity contribution in [2.75, 3.05) is 6.54 Å². The average Bonchev–Trinajstić information content (AvgIpc) is 2.94. The second kappa shape index (κ2) is 7.38. The van der Waals surface area contributed by atoms with Crippen molar-refractivity contribution >= 4 is 5.91 Å². The number of hydrogen-bond donors (Lipinski definition) is 2.